The van der Waals surface area contributed by atoms with E-state index in [0.29, 0.717) is 22.4 Å². The largest absolute Gasteiger partial charge is 0.486 e. The highest BCUT2D eigenvalue weighted by atomic mass is 32.1. The number of anilines is 2. The fraction of sp³-hybridized carbons (Fsp3) is 0.643. The minimum Gasteiger partial charge on any atom is -0.486 e. The molecule has 0 amide bonds. The number of ketones is 1. The van der Waals surface area contributed by atoms with Crippen LogP contribution in [-0.2, 0) is 0 Å². The summed E-state index contributed by atoms with van der Waals surface area (Å²) in [5.41, 5.74) is 6.53. The summed E-state index contributed by atoms with van der Waals surface area (Å²) in [6.07, 6.45) is 4.92. The predicted octanol–water partition coefficient (Wildman–Crippen LogP) is 3.67. The number of carbonyl (C=O) groups excluding carboxylic acids is 1. The van der Waals surface area contributed by atoms with Gasteiger partial charge in [0.1, 0.15) is 5.00 Å². The molecule has 1 fully saturated rings. The Bertz CT molecular complexity index is 462. The predicted molar refractivity (Wildman–Crippen MR) is 80.4 cm³/mol. The first-order valence-corrected chi connectivity index (χ1v) is 7.67. The fourth-order valence-electron chi connectivity index (χ4n) is 2.39. The number of hydrogen-bond donors (Lipinski definition) is 2. The highest BCUT2D eigenvalue weighted by Crippen LogP contribution is 2.44. The van der Waals surface area contributed by atoms with E-state index >= 15 is 0 Å². The molecule has 0 aromatic carbocycles. The molecule has 19 heavy (non-hydrogen) atoms. The summed E-state index contributed by atoms with van der Waals surface area (Å²) in [4.78, 5) is 12.2. The summed E-state index contributed by atoms with van der Waals surface area (Å²) in [6.45, 7) is 5.47. The topological polar surface area (TPSA) is 64.3 Å². The molecule has 0 saturated heterocycles. The van der Waals surface area contributed by atoms with Crippen molar-refractivity contribution in [3.8, 4) is 5.75 Å². The van der Waals surface area contributed by atoms with Gasteiger partial charge in [-0.25, -0.2) is 0 Å². The monoisotopic (exact) mass is 282 g/mol. The number of nitrogen functional groups attached to an aromatic ring is 1. The molecule has 1 aliphatic rings. The first-order valence-electron chi connectivity index (χ1n) is 6.85. The normalized spacial score (nSPS) is 16.0. The van der Waals surface area contributed by atoms with Gasteiger partial charge in [0.15, 0.2) is 11.5 Å². The Morgan fingerprint density at radius 1 is 1.42 bits per heavy atom. The Kier molecular flexibility index (Phi) is 4.34. The van der Waals surface area contributed by atoms with E-state index < -0.39 is 0 Å². The van der Waals surface area contributed by atoms with Crippen LogP contribution in [0.4, 0.5) is 10.7 Å². The molecule has 1 saturated carbocycles. The lowest BCUT2D eigenvalue weighted by Gasteiger charge is -2.16. The summed E-state index contributed by atoms with van der Waals surface area (Å²) in [7, 11) is 0. The van der Waals surface area contributed by atoms with Crippen molar-refractivity contribution in [2.45, 2.75) is 58.6 Å². The van der Waals surface area contributed by atoms with Crippen molar-refractivity contribution in [3.63, 3.8) is 0 Å². The van der Waals surface area contributed by atoms with Crippen molar-refractivity contribution in [1.29, 1.82) is 0 Å². The third-order valence-corrected chi connectivity index (χ3v) is 4.48. The molecule has 0 radical (unpaired) electrons. The number of nitrogens with one attached hydrogen (secondary N) is 1. The zero-order chi connectivity index (χ0) is 14.0. The molecule has 106 valence electrons. The van der Waals surface area contributed by atoms with E-state index in [2.05, 4.69) is 5.32 Å². The maximum Gasteiger partial charge on any atom is 0.177 e. The molecule has 1 aromatic rings. The summed E-state index contributed by atoms with van der Waals surface area (Å²) in [5.74, 6) is 0.646. The van der Waals surface area contributed by atoms with Crippen LogP contribution in [0.5, 0.6) is 5.75 Å². The van der Waals surface area contributed by atoms with Crippen molar-refractivity contribution >= 4 is 27.8 Å². The molecule has 1 heterocycles. The molecule has 2 rings (SSSR count). The van der Waals surface area contributed by atoms with E-state index in [9.17, 15) is 4.79 Å². The quantitative estimate of drug-likeness (QED) is 0.809. The Hall–Kier alpha value is -1.23. The Morgan fingerprint density at radius 2 is 2.05 bits per heavy atom. The minimum atomic E-state index is -0.00409. The molecule has 4 nitrogen and oxygen atoms in total. The van der Waals surface area contributed by atoms with Gasteiger partial charge in [0.2, 0.25) is 0 Å². The Morgan fingerprint density at radius 3 is 2.58 bits per heavy atom. The van der Waals surface area contributed by atoms with Gasteiger partial charge in [-0.3, -0.25) is 4.79 Å². The standard InChI is InChI=1S/C14H22N2O2S/c1-8(2)18-12-11(15)13(9(3)17)19-14(12)16-10-6-4-5-7-10/h8,10,16H,4-7,15H2,1-3H3. The summed E-state index contributed by atoms with van der Waals surface area (Å²) in [6, 6.07) is 0.479. The van der Waals surface area contributed by atoms with E-state index in [1.54, 1.807) is 6.92 Å². The Labute approximate surface area is 118 Å². The minimum absolute atomic E-state index is 0.00409. The van der Waals surface area contributed by atoms with Gasteiger partial charge in [0, 0.05) is 13.0 Å². The van der Waals surface area contributed by atoms with E-state index in [1.807, 2.05) is 13.8 Å². The van der Waals surface area contributed by atoms with Crippen molar-refractivity contribution in [3.05, 3.63) is 4.88 Å². The second-order valence-corrected chi connectivity index (χ2v) is 6.37. The van der Waals surface area contributed by atoms with Crippen LogP contribution < -0.4 is 15.8 Å². The van der Waals surface area contributed by atoms with Crippen LogP contribution in [0.1, 0.15) is 56.1 Å². The van der Waals surface area contributed by atoms with Gasteiger partial charge in [-0.15, -0.1) is 11.3 Å². The maximum absolute atomic E-state index is 11.6. The fourth-order valence-corrected chi connectivity index (χ4v) is 3.42. The van der Waals surface area contributed by atoms with Crippen LogP contribution in [0.25, 0.3) is 0 Å². The summed E-state index contributed by atoms with van der Waals surface area (Å²) >= 11 is 1.41. The highest BCUT2D eigenvalue weighted by Gasteiger charge is 2.24. The van der Waals surface area contributed by atoms with Crippen molar-refractivity contribution in [2.24, 2.45) is 0 Å². The Balaban J connectivity index is 2.28. The van der Waals surface area contributed by atoms with Crippen LogP contribution >= 0.6 is 11.3 Å². The average Bonchev–Trinajstić information content (AvgIpc) is 2.91. The molecule has 3 N–H and O–H groups in total. The first kappa shape index (κ1) is 14.2. The molecular weight excluding hydrogens is 260 g/mol. The third kappa shape index (κ3) is 3.21. The number of rotatable bonds is 5. The van der Waals surface area contributed by atoms with E-state index in [0.717, 1.165) is 5.00 Å². The van der Waals surface area contributed by atoms with Gasteiger partial charge in [-0.05, 0) is 26.7 Å². The van der Waals surface area contributed by atoms with Crippen LogP contribution in [0.15, 0.2) is 0 Å². The number of ether oxygens (including phenoxy) is 1. The van der Waals surface area contributed by atoms with Gasteiger partial charge in [-0.1, -0.05) is 12.8 Å². The van der Waals surface area contributed by atoms with Gasteiger partial charge >= 0.3 is 0 Å². The van der Waals surface area contributed by atoms with Gasteiger partial charge in [0.25, 0.3) is 0 Å². The molecule has 0 bridgehead atoms. The number of nitrogens with two attached hydrogens (primary N) is 1. The van der Waals surface area contributed by atoms with Crippen LogP contribution in [0, 0.1) is 0 Å². The van der Waals surface area contributed by atoms with E-state index in [-0.39, 0.29) is 11.9 Å². The average molecular weight is 282 g/mol. The number of hydrogen-bond acceptors (Lipinski definition) is 5. The van der Waals surface area contributed by atoms with E-state index in [1.165, 1.54) is 37.0 Å². The second kappa shape index (κ2) is 5.82. The maximum atomic E-state index is 11.6. The third-order valence-electron chi connectivity index (χ3n) is 3.26. The summed E-state index contributed by atoms with van der Waals surface area (Å²) < 4.78 is 5.79. The van der Waals surface area contributed by atoms with Gasteiger partial charge in [-0.2, -0.15) is 0 Å². The van der Waals surface area contributed by atoms with Crippen molar-refractivity contribution < 1.29 is 9.53 Å². The SMILES string of the molecule is CC(=O)c1sc(NC2CCCC2)c(OC(C)C)c1N. The lowest BCUT2D eigenvalue weighted by Crippen LogP contribution is -2.15. The lowest BCUT2D eigenvalue weighted by molar-refractivity contribution is 0.102. The lowest BCUT2D eigenvalue weighted by atomic mass is 10.2. The zero-order valence-electron chi connectivity index (χ0n) is 11.8. The van der Waals surface area contributed by atoms with Crippen molar-refractivity contribution in [1.82, 2.24) is 0 Å². The molecule has 5 heteroatoms. The van der Waals surface area contributed by atoms with Crippen LogP contribution in [0.2, 0.25) is 0 Å². The van der Waals surface area contributed by atoms with Crippen LogP contribution in [0.3, 0.4) is 0 Å². The van der Waals surface area contributed by atoms with Gasteiger partial charge in [0.05, 0.1) is 16.7 Å². The van der Waals surface area contributed by atoms with E-state index in [4.69, 9.17) is 10.5 Å². The highest BCUT2D eigenvalue weighted by molar-refractivity contribution is 7.19. The first-order chi connectivity index (χ1) is 8.99. The second-order valence-electron chi connectivity index (χ2n) is 5.35. The molecule has 0 atom stereocenters. The molecule has 0 unspecified atom stereocenters. The van der Waals surface area contributed by atoms with Crippen LogP contribution in [-0.4, -0.2) is 17.9 Å². The smallest absolute Gasteiger partial charge is 0.177 e. The number of Topliss-reactive ketones (excluding diaryl/α,β-unsaturated/α-hetero) is 1. The molecular formula is C14H22N2O2S. The molecule has 0 spiro atoms. The zero-order valence-corrected chi connectivity index (χ0v) is 12.6. The summed E-state index contributed by atoms with van der Waals surface area (Å²) in [5, 5.41) is 4.40. The number of thiophene rings is 1. The molecule has 0 aliphatic heterocycles. The molecule has 1 aromatic heterocycles. The van der Waals surface area contributed by atoms with Gasteiger partial charge < -0.3 is 15.8 Å². The van der Waals surface area contributed by atoms with Crippen molar-refractivity contribution in [2.75, 3.05) is 11.1 Å². The molecule has 1 aliphatic carbocycles. The number of carbonyl (C=O) groups is 1.